The van der Waals surface area contributed by atoms with Gasteiger partial charge in [0.2, 0.25) is 0 Å². The van der Waals surface area contributed by atoms with Gasteiger partial charge in [-0.15, -0.1) is 0 Å². The molecule has 0 atom stereocenters. The summed E-state index contributed by atoms with van der Waals surface area (Å²) < 4.78 is 45.8. The van der Waals surface area contributed by atoms with E-state index in [2.05, 4.69) is 4.98 Å². The first-order chi connectivity index (χ1) is 10.5. The van der Waals surface area contributed by atoms with Gasteiger partial charge in [0, 0.05) is 26.2 Å². The Hall–Kier alpha value is -1.56. The van der Waals surface area contributed by atoms with Gasteiger partial charge in [0.05, 0.1) is 16.6 Å². The lowest BCUT2D eigenvalue weighted by atomic mass is 10.2. The molecule has 22 heavy (non-hydrogen) atoms. The average Bonchev–Trinajstić information content (AvgIpc) is 2.80. The molecule has 0 saturated heterocycles. The van der Waals surface area contributed by atoms with Crippen LogP contribution in [0.4, 0.5) is 13.2 Å². The van der Waals surface area contributed by atoms with Crippen molar-refractivity contribution in [3.05, 3.63) is 29.6 Å². The van der Waals surface area contributed by atoms with Crippen LogP contribution in [0.2, 0.25) is 0 Å². The lowest BCUT2D eigenvalue weighted by Gasteiger charge is -2.09. The van der Waals surface area contributed by atoms with Crippen molar-refractivity contribution in [2.45, 2.75) is 45.8 Å². The van der Waals surface area contributed by atoms with Crippen LogP contribution in [0.5, 0.6) is 0 Å². The minimum atomic E-state index is -4.34. The fourth-order valence-corrected chi connectivity index (χ4v) is 2.49. The molecule has 0 aliphatic heterocycles. The number of fused-ring (bicyclic) bond motifs is 1. The third-order valence-electron chi connectivity index (χ3n) is 3.50. The van der Waals surface area contributed by atoms with E-state index in [0.29, 0.717) is 25.3 Å². The van der Waals surface area contributed by atoms with Crippen molar-refractivity contribution in [2.75, 3.05) is 13.2 Å². The predicted octanol–water partition coefficient (Wildman–Crippen LogP) is 4.43. The van der Waals surface area contributed by atoms with Crippen molar-refractivity contribution in [3.63, 3.8) is 0 Å². The third kappa shape index (κ3) is 3.80. The number of imidazole rings is 1. The molecule has 1 aromatic carbocycles. The number of nitrogens with zero attached hydrogens (tertiary/aromatic N) is 2. The number of rotatable bonds is 7. The Kier molecular flexibility index (Phi) is 5.45. The number of halogens is 3. The summed E-state index contributed by atoms with van der Waals surface area (Å²) >= 11 is 0. The molecule has 0 unspecified atom stereocenters. The Morgan fingerprint density at radius 2 is 2.00 bits per heavy atom. The van der Waals surface area contributed by atoms with Gasteiger partial charge in [-0.2, -0.15) is 13.2 Å². The normalized spacial score (nSPS) is 12.2. The van der Waals surface area contributed by atoms with Crippen LogP contribution < -0.4 is 0 Å². The molecule has 0 N–H and O–H groups in total. The zero-order valence-corrected chi connectivity index (χ0v) is 12.9. The molecule has 0 saturated carbocycles. The van der Waals surface area contributed by atoms with E-state index in [9.17, 15) is 13.2 Å². The molecule has 0 spiro atoms. The van der Waals surface area contributed by atoms with Crippen molar-refractivity contribution in [2.24, 2.45) is 0 Å². The van der Waals surface area contributed by atoms with Crippen LogP contribution in [-0.2, 0) is 23.9 Å². The van der Waals surface area contributed by atoms with E-state index in [1.54, 1.807) is 0 Å². The summed E-state index contributed by atoms with van der Waals surface area (Å²) in [5, 5.41) is 0. The fourth-order valence-electron chi connectivity index (χ4n) is 2.49. The van der Waals surface area contributed by atoms with Crippen LogP contribution in [0.1, 0.15) is 38.1 Å². The van der Waals surface area contributed by atoms with Crippen molar-refractivity contribution in [1.29, 1.82) is 0 Å². The van der Waals surface area contributed by atoms with Crippen LogP contribution in [0.25, 0.3) is 11.0 Å². The highest BCUT2D eigenvalue weighted by atomic mass is 19.4. The minimum absolute atomic E-state index is 0.412. The Morgan fingerprint density at radius 3 is 2.64 bits per heavy atom. The van der Waals surface area contributed by atoms with Gasteiger partial charge in [0.25, 0.3) is 0 Å². The molecule has 0 aliphatic rings. The Labute approximate surface area is 128 Å². The zero-order chi connectivity index (χ0) is 16.2. The summed E-state index contributed by atoms with van der Waals surface area (Å²) in [5.74, 6) is 0.841. The molecule has 0 radical (unpaired) electrons. The van der Waals surface area contributed by atoms with Gasteiger partial charge in [-0.1, -0.05) is 6.92 Å². The number of aromatic nitrogens is 2. The molecule has 1 heterocycles. The quantitative estimate of drug-likeness (QED) is 0.707. The molecule has 2 rings (SSSR count). The third-order valence-corrected chi connectivity index (χ3v) is 3.50. The average molecular weight is 314 g/mol. The first-order valence-electron chi connectivity index (χ1n) is 7.61. The number of ether oxygens (including phenoxy) is 1. The van der Waals surface area contributed by atoms with Gasteiger partial charge in [-0.25, -0.2) is 4.98 Å². The summed E-state index contributed by atoms with van der Waals surface area (Å²) in [6, 6.07) is 3.78. The summed E-state index contributed by atoms with van der Waals surface area (Å²) in [6.45, 7) is 5.99. The molecule has 2 aromatic rings. The smallest absolute Gasteiger partial charge is 0.382 e. The Bertz CT molecular complexity index is 620. The largest absolute Gasteiger partial charge is 0.416 e. The summed E-state index contributed by atoms with van der Waals surface area (Å²) in [4.78, 5) is 4.40. The van der Waals surface area contributed by atoms with E-state index in [1.807, 2.05) is 18.4 Å². The number of benzene rings is 1. The van der Waals surface area contributed by atoms with Crippen LogP contribution in [0, 0.1) is 0 Å². The maximum atomic E-state index is 12.8. The highest BCUT2D eigenvalue weighted by Gasteiger charge is 2.31. The molecule has 1 aromatic heterocycles. The minimum Gasteiger partial charge on any atom is -0.382 e. The van der Waals surface area contributed by atoms with Crippen LogP contribution in [0.3, 0.4) is 0 Å². The molecule has 122 valence electrons. The van der Waals surface area contributed by atoms with Crippen molar-refractivity contribution < 1.29 is 17.9 Å². The Balaban J connectivity index is 2.33. The van der Waals surface area contributed by atoms with Crippen LogP contribution >= 0.6 is 0 Å². The van der Waals surface area contributed by atoms with Crippen LogP contribution in [-0.4, -0.2) is 22.8 Å². The second-order valence-corrected chi connectivity index (χ2v) is 5.18. The number of hydrogen-bond donors (Lipinski definition) is 0. The van der Waals surface area contributed by atoms with Crippen molar-refractivity contribution in [1.82, 2.24) is 9.55 Å². The fraction of sp³-hybridized carbons (Fsp3) is 0.562. The molecular weight excluding hydrogens is 293 g/mol. The van der Waals surface area contributed by atoms with Gasteiger partial charge in [-0.3, -0.25) is 0 Å². The highest BCUT2D eigenvalue weighted by molar-refractivity contribution is 5.77. The molecule has 0 amide bonds. The molecule has 6 heteroatoms. The molecule has 3 nitrogen and oxygen atoms in total. The van der Waals surface area contributed by atoms with Gasteiger partial charge in [0.15, 0.2) is 0 Å². The summed E-state index contributed by atoms with van der Waals surface area (Å²) in [6.07, 6.45) is -1.86. The number of hydrogen-bond acceptors (Lipinski definition) is 2. The number of aryl methyl sites for hydroxylation is 2. The Morgan fingerprint density at radius 1 is 1.23 bits per heavy atom. The molecule has 0 aliphatic carbocycles. The van der Waals surface area contributed by atoms with Gasteiger partial charge in [0.1, 0.15) is 5.82 Å². The first-order valence-corrected chi connectivity index (χ1v) is 7.61. The van der Waals surface area contributed by atoms with E-state index in [0.717, 1.165) is 42.7 Å². The summed E-state index contributed by atoms with van der Waals surface area (Å²) in [5.41, 5.74) is 0.518. The molecule has 0 bridgehead atoms. The van der Waals surface area contributed by atoms with E-state index < -0.39 is 11.7 Å². The molecular formula is C16H21F3N2O. The zero-order valence-electron chi connectivity index (χ0n) is 12.9. The lowest BCUT2D eigenvalue weighted by molar-refractivity contribution is -0.137. The van der Waals surface area contributed by atoms with Gasteiger partial charge in [-0.05, 0) is 38.0 Å². The van der Waals surface area contributed by atoms with E-state index in [4.69, 9.17) is 4.74 Å². The second-order valence-electron chi connectivity index (χ2n) is 5.18. The van der Waals surface area contributed by atoms with E-state index >= 15 is 0 Å². The number of alkyl halides is 3. The standard InChI is InChI=1S/C16H21F3N2O/c1-3-6-15-20-13-11-12(16(17,18)19)7-8-14(13)21(15)9-5-10-22-4-2/h7-8,11H,3-6,9-10H2,1-2H3. The van der Waals surface area contributed by atoms with Crippen LogP contribution in [0.15, 0.2) is 18.2 Å². The van der Waals surface area contributed by atoms with E-state index in [1.165, 1.54) is 6.07 Å². The monoisotopic (exact) mass is 314 g/mol. The highest BCUT2D eigenvalue weighted by Crippen LogP contribution is 2.31. The maximum absolute atomic E-state index is 12.8. The SMILES string of the molecule is CCCc1nc2cc(C(F)(F)F)ccc2n1CCCOCC. The van der Waals surface area contributed by atoms with Gasteiger partial charge >= 0.3 is 6.18 Å². The van der Waals surface area contributed by atoms with Gasteiger partial charge < -0.3 is 9.30 Å². The maximum Gasteiger partial charge on any atom is 0.416 e. The summed E-state index contributed by atoms with van der Waals surface area (Å²) in [7, 11) is 0. The predicted molar refractivity (Wildman–Crippen MR) is 79.8 cm³/mol. The second kappa shape index (κ2) is 7.13. The topological polar surface area (TPSA) is 27.1 Å². The molecule has 0 fully saturated rings. The van der Waals surface area contributed by atoms with Crippen molar-refractivity contribution >= 4 is 11.0 Å². The first kappa shape index (κ1) is 16.8. The van der Waals surface area contributed by atoms with E-state index in [-0.39, 0.29) is 0 Å². The lowest BCUT2D eigenvalue weighted by Crippen LogP contribution is -2.07. The van der Waals surface area contributed by atoms with Crippen molar-refractivity contribution in [3.8, 4) is 0 Å².